The molecule has 1 aliphatic rings. The molecule has 2 atom stereocenters. The van der Waals surface area contributed by atoms with Crippen molar-refractivity contribution >= 4 is 5.97 Å². The van der Waals surface area contributed by atoms with Crippen LogP contribution in [0.15, 0.2) is 0 Å². The predicted octanol–water partition coefficient (Wildman–Crippen LogP) is 1.72. The molecule has 1 saturated carbocycles. The lowest BCUT2D eigenvalue weighted by Crippen LogP contribution is -2.42. The van der Waals surface area contributed by atoms with Crippen LogP contribution in [0.5, 0.6) is 0 Å². The van der Waals surface area contributed by atoms with Crippen molar-refractivity contribution in [2.45, 2.75) is 44.6 Å². The number of nitrogens with one attached hydrogen (secondary N) is 1. The Labute approximate surface area is 86.2 Å². The van der Waals surface area contributed by atoms with Crippen LogP contribution < -0.4 is 5.32 Å². The van der Waals surface area contributed by atoms with E-state index in [0.717, 1.165) is 18.8 Å². The van der Waals surface area contributed by atoms with Crippen molar-refractivity contribution in [2.24, 2.45) is 5.92 Å². The molecule has 3 heteroatoms. The molecule has 1 N–H and O–H groups in total. The van der Waals surface area contributed by atoms with Gasteiger partial charge >= 0.3 is 5.97 Å². The van der Waals surface area contributed by atoms with E-state index in [9.17, 15) is 4.79 Å². The molecule has 1 rings (SSSR count). The lowest BCUT2D eigenvalue weighted by molar-refractivity contribution is -0.142. The van der Waals surface area contributed by atoms with Crippen LogP contribution in [-0.2, 0) is 9.53 Å². The fourth-order valence-electron chi connectivity index (χ4n) is 2.41. The van der Waals surface area contributed by atoms with Gasteiger partial charge < -0.3 is 10.1 Å². The Kier molecular flexibility index (Phi) is 3.93. The van der Waals surface area contributed by atoms with Gasteiger partial charge in [-0.25, -0.2) is 0 Å². The van der Waals surface area contributed by atoms with Crippen molar-refractivity contribution in [1.82, 2.24) is 5.32 Å². The molecule has 0 bridgehead atoms. The summed E-state index contributed by atoms with van der Waals surface area (Å²) in [6.45, 7) is 2.22. The van der Waals surface area contributed by atoms with Gasteiger partial charge in [-0.1, -0.05) is 13.3 Å². The van der Waals surface area contributed by atoms with Gasteiger partial charge in [-0.2, -0.15) is 0 Å². The third-order valence-corrected chi connectivity index (χ3v) is 3.53. The maximum Gasteiger partial charge on any atom is 0.307 e. The standard InChI is InChI=1S/C11H21NO2/c1-4-9-5-6-11(7-9,12-2)8-10(13)14-3/h9,12H,4-8H2,1-3H3. The molecule has 2 unspecified atom stereocenters. The van der Waals surface area contributed by atoms with Gasteiger partial charge in [-0.3, -0.25) is 4.79 Å². The molecule has 0 heterocycles. The zero-order valence-electron chi connectivity index (χ0n) is 9.43. The van der Waals surface area contributed by atoms with E-state index in [2.05, 4.69) is 12.2 Å². The first kappa shape index (κ1) is 11.5. The highest BCUT2D eigenvalue weighted by Crippen LogP contribution is 2.38. The topological polar surface area (TPSA) is 38.3 Å². The molecular formula is C11H21NO2. The number of hydrogen-bond donors (Lipinski definition) is 1. The highest BCUT2D eigenvalue weighted by atomic mass is 16.5. The summed E-state index contributed by atoms with van der Waals surface area (Å²) < 4.78 is 4.73. The fraction of sp³-hybridized carbons (Fsp3) is 0.909. The van der Waals surface area contributed by atoms with Gasteiger partial charge in [0.1, 0.15) is 0 Å². The fourth-order valence-corrected chi connectivity index (χ4v) is 2.41. The van der Waals surface area contributed by atoms with Crippen LogP contribution in [0.3, 0.4) is 0 Å². The lowest BCUT2D eigenvalue weighted by atomic mass is 9.91. The molecule has 3 nitrogen and oxygen atoms in total. The Morgan fingerprint density at radius 1 is 1.64 bits per heavy atom. The smallest absolute Gasteiger partial charge is 0.307 e. The van der Waals surface area contributed by atoms with Gasteiger partial charge in [0.2, 0.25) is 0 Å². The molecule has 0 radical (unpaired) electrons. The average molecular weight is 199 g/mol. The van der Waals surface area contributed by atoms with Crippen molar-refractivity contribution in [3.8, 4) is 0 Å². The Morgan fingerprint density at radius 3 is 2.79 bits per heavy atom. The van der Waals surface area contributed by atoms with Crippen molar-refractivity contribution < 1.29 is 9.53 Å². The van der Waals surface area contributed by atoms with Crippen LogP contribution in [0, 0.1) is 5.92 Å². The number of carbonyl (C=O) groups is 1. The van der Waals surface area contributed by atoms with E-state index in [1.807, 2.05) is 7.05 Å². The predicted molar refractivity (Wildman–Crippen MR) is 56.1 cm³/mol. The number of ether oxygens (including phenoxy) is 1. The highest BCUT2D eigenvalue weighted by Gasteiger charge is 2.38. The van der Waals surface area contributed by atoms with Gasteiger partial charge in [-0.15, -0.1) is 0 Å². The van der Waals surface area contributed by atoms with Crippen LogP contribution in [-0.4, -0.2) is 25.7 Å². The van der Waals surface area contributed by atoms with Crippen LogP contribution in [0.4, 0.5) is 0 Å². The maximum atomic E-state index is 11.3. The first-order chi connectivity index (χ1) is 6.65. The third kappa shape index (κ3) is 2.47. The molecule has 1 aliphatic carbocycles. The van der Waals surface area contributed by atoms with Crippen LogP contribution in [0.1, 0.15) is 39.0 Å². The van der Waals surface area contributed by atoms with Gasteiger partial charge in [-0.05, 0) is 32.2 Å². The summed E-state index contributed by atoms with van der Waals surface area (Å²) in [6.07, 6.45) is 5.15. The largest absolute Gasteiger partial charge is 0.469 e. The molecular weight excluding hydrogens is 178 g/mol. The maximum absolute atomic E-state index is 11.3. The summed E-state index contributed by atoms with van der Waals surface area (Å²) in [7, 11) is 3.40. The second-order valence-corrected chi connectivity index (χ2v) is 4.30. The molecule has 82 valence electrons. The summed E-state index contributed by atoms with van der Waals surface area (Å²) >= 11 is 0. The summed E-state index contributed by atoms with van der Waals surface area (Å²) in [5, 5.41) is 3.31. The first-order valence-corrected chi connectivity index (χ1v) is 5.41. The van der Waals surface area contributed by atoms with E-state index in [4.69, 9.17) is 4.74 Å². The minimum atomic E-state index is -0.101. The molecule has 0 aromatic carbocycles. The van der Waals surface area contributed by atoms with Crippen molar-refractivity contribution in [1.29, 1.82) is 0 Å². The molecule has 0 saturated heterocycles. The lowest BCUT2D eigenvalue weighted by Gasteiger charge is -2.27. The van der Waals surface area contributed by atoms with E-state index >= 15 is 0 Å². The SMILES string of the molecule is CCC1CCC(CC(=O)OC)(NC)C1. The van der Waals surface area contributed by atoms with Crippen molar-refractivity contribution in [2.75, 3.05) is 14.2 Å². The Balaban J connectivity index is 2.55. The van der Waals surface area contributed by atoms with E-state index in [1.54, 1.807) is 0 Å². The Bertz CT molecular complexity index is 205. The van der Waals surface area contributed by atoms with E-state index < -0.39 is 0 Å². The average Bonchev–Trinajstić information content (AvgIpc) is 2.62. The third-order valence-electron chi connectivity index (χ3n) is 3.53. The normalized spacial score (nSPS) is 31.8. The van der Waals surface area contributed by atoms with Crippen molar-refractivity contribution in [3.05, 3.63) is 0 Å². The van der Waals surface area contributed by atoms with Gasteiger partial charge in [0, 0.05) is 5.54 Å². The van der Waals surface area contributed by atoms with Crippen molar-refractivity contribution in [3.63, 3.8) is 0 Å². The van der Waals surface area contributed by atoms with Crippen LogP contribution in [0.25, 0.3) is 0 Å². The molecule has 0 aromatic rings. The molecule has 14 heavy (non-hydrogen) atoms. The van der Waals surface area contributed by atoms with Gasteiger partial charge in [0.25, 0.3) is 0 Å². The number of esters is 1. The number of carbonyl (C=O) groups excluding carboxylic acids is 1. The van der Waals surface area contributed by atoms with Gasteiger partial charge in [0.05, 0.1) is 13.5 Å². The van der Waals surface area contributed by atoms with E-state index in [-0.39, 0.29) is 11.5 Å². The van der Waals surface area contributed by atoms with Gasteiger partial charge in [0.15, 0.2) is 0 Å². The number of rotatable bonds is 4. The molecule has 0 aromatic heterocycles. The number of hydrogen-bond acceptors (Lipinski definition) is 3. The zero-order chi connectivity index (χ0) is 10.6. The van der Waals surface area contributed by atoms with E-state index in [1.165, 1.54) is 20.0 Å². The molecule has 1 fully saturated rings. The monoisotopic (exact) mass is 199 g/mol. The van der Waals surface area contributed by atoms with Crippen LogP contribution in [0.2, 0.25) is 0 Å². The Hall–Kier alpha value is -0.570. The summed E-state index contributed by atoms with van der Waals surface area (Å²) in [5.41, 5.74) is 0.00771. The quantitative estimate of drug-likeness (QED) is 0.701. The Morgan fingerprint density at radius 2 is 2.36 bits per heavy atom. The highest BCUT2D eigenvalue weighted by molar-refractivity contribution is 5.70. The minimum absolute atomic E-state index is 0.00771. The minimum Gasteiger partial charge on any atom is -0.469 e. The first-order valence-electron chi connectivity index (χ1n) is 5.41. The second-order valence-electron chi connectivity index (χ2n) is 4.30. The molecule has 0 amide bonds. The second kappa shape index (κ2) is 4.78. The van der Waals surface area contributed by atoms with Crippen LogP contribution >= 0.6 is 0 Å². The summed E-state index contributed by atoms with van der Waals surface area (Å²) in [4.78, 5) is 11.3. The number of methoxy groups -OCH3 is 1. The van der Waals surface area contributed by atoms with E-state index in [0.29, 0.717) is 6.42 Å². The summed E-state index contributed by atoms with van der Waals surface area (Å²) in [6, 6.07) is 0. The molecule has 0 spiro atoms. The zero-order valence-corrected chi connectivity index (χ0v) is 9.43. The molecule has 0 aliphatic heterocycles. The summed E-state index contributed by atoms with van der Waals surface area (Å²) in [5.74, 6) is 0.670.